The molecule has 0 heterocycles. The summed E-state index contributed by atoms with van der Waals surface area (Å²) in [5.74, 6) is 0.322. The first kappa shape index (κ1) is 12.8. The van der Waals surface area contributed by atoms with Crippen LogP contribution in [-0.2, 0) is 0 Å². The van der Waals surface area contributed by atoms with Crippen molar-refractivity contribution in [3.05, 3.63) is 23.8 Å². The highest BCUT2D eigenvalue weighted by Gasteiger charge is 2.06. The van der Waals surface area contributed by atoms with Crippen molar-refractivity contribution in [1.82, 2.24) is 0 Å². The fourth-order valence-corrected chi connectivity index (χ4v) is 1.68. The molecule has 0 saturated carbocycles. The number of rotatable bonds is 6. The van der Waals surface area contributed by atoms with E-state index in [2.05, 4.69) is 11.8 Å². The number of aliphatic hydroxyl groups is 1. The molecule has 90 valence electrons. The van der Waals surface area contributed by atoms with Crippen LogP contribution in [0.5, 0.6) is 5.75 Å². The third kappa shape index (κ3) is 3.42. The van der Waals surface area contributed by atoms with E-state index in [1.807, 2.05) is 19.1 Å². The van der Waals surface area contributed by atoms with Crippen molar-refractivity contribution >= 4 is 5.69 Å². The van der Waals surface area contributed by atoms with Crippen LogP contribution in [0, 0.1) is 6.92 Å². The van der Waals surface area contributed by atoms with E-state index >= 15 is 0 Å². The molecule has 0 radical (unpaired) electrons. The Kier molecular flexibility index (Phi) is 5.12. The minimum Gasteiger partial charge on any atom is -0.508 e. The molecule has 0 bridgehead atoms. The van der Waals surface area contributed by atoms with Gasteiger partial charge < -0.3 is 15.1 Å². The lowest BCUT2D eigenvalue weighted by Gasteiger charge is -2.24. The first-order valence-corrected chi connectivity index (χ1v) is 5.84. The molecule has 1 aromatic rings. The quantitative estimate of drug-likeness (QED) is 0.777. The molecule has 0 aliphatic carbocycles. The summed E-state index contributed by atoms with van der Waals surface area (Å²) in [5, 5.41) is 18.5. The molecule has 3 heteroatoms. The SMILES string of the molecule is CCCCN(CCO)c1ccc(O)c(C)c1. The fraction of sp³-hybridized carbons (Fsp3) is 0.538. The van der Waals surface area contributed by atoms with Gasteiger partial charge in [-0.15, -0.1) is 0 Å². The zero-order chi connectivity index (χ0) is 12.0. The van der Waals surface area contributed by atoms with E-state index in [0.29, 0.717) is 12.3 Å². The van der Waals surface area contributed by atoms with Crippen molar-refractivity contribution in [2.75, 3.05) is 24.6 Å². The minimum absolute atomic E-state index is 0.156. The summed E-state index contributed by atoms with van der Waals surface area (Å²) in [6, 6.07) is 5.56. The lowest BCUT2D eigenvalue weighted by molar-refractivity contribution is 0.301. The Balaban J connectivity index is 2.78. The smallest absolute Gasteiger partial charge is 0.118 e. The normalized spacial score (nSPS) is 10.4. The Morgan fingerprint density at radius 3 is 2.56 bits per heavy atom. The van der Waals surface area contributed by atoms with Gasteiger partial charge in [-0.1, -0.05) is 13.3 Å². The predicted octanol–water partition coefficient (Wildman–Crippen LogP) is 2.30. The second kappa shape index (κ2) is 6.38. The number of aryl methyl sites for hydroxylation is 1. The largest absolute Gasteiger partial charge is 0.508 e. The average molecular weight is 223 g/mol. The van der Waals surface area contributed by atoms with Crippen molar-refractivity contribution in [1.29, 1.82) is 0 Å². The Hall–Kier alpha value is -1.22. The Morgan fingerprint density at radius 1 is 1.25 bits per heavy atom. The van der Waals surface area contributed by atoms with Crippen LogP contribution in [0.2, 0.25) is 0 Å². The third-order valence-corrected chi connectivity index (χ3v) is 2.70. The zero-order valence-corrected chi connectivity index (χ0v) is 10.1. The second-order valence-corrected chi connectivity index (χ2v) is 4.03. The molecule has 0 atom stereocenters. The molecule has 0 spiro atoms. The van der Waals surface area contributed by atoms with Crippen molar-refractivity contribution in [3.63, 3.8) is 0 Å². The van der Waals surface area contributed by atoms with Crippen LogP contribution in [0.4, 0.5) is 5.69 Å². The molecule has 0 saturated heterocycles. The average Bonchev–Trinajstić information content (AvgIpc) is 2.28. The van der Waals surface area contributed by atoms with E-state index in [1.54, 1.807) is 6.07 Å². The summed E-state index contributed by atoms with van der Waals surface area (Å²) in [5.41, 5.74) is 1.94. The van der Waals surface area contributed by atoms with Crippen molar-refractivity contribution < 1.29 is 10.2 Å². The van der Waals surface area contributed by atoms with Gasteiger partial charge in [-0.25, -0.2) is 0 Å². The highest BCUT2D eigenvalue weighted by atomic mass is 16.3. The standard InChI is InChI=1S/C13H21NO2/c1-3-4-7-14(8-9-15)12-5-6-13(16)11(2)10-12/h5-6,10,15-16H,3-4,7-9H2,1-2H3. The first-order valence-electron chi connectivity index (χ1n) is 5.84. The summed E-state index contributed by atoms with van der Waals surface area (Å²) < 4.78 is 0. The maximum absolute atomic E-state index is 9.46. The van der Waals surface area contributed by atoms with Crippen LogP contribution in [0.3, 0.4) is 0 Å². The number of hydrogen-bond donors (Lipinski definition) is 2. The van der Waals surface area contributed by atoms with Crippen molar-refractivity contribution in [3.8, 4) is 5.75 Å². The van der Waals surface area contributed by atoms with Gasteiger partial charge in [-0.2, -0.15) is 0 Å². The van der Waals surface area contributed by atoms with Crippen LogP contribution < -0.4 is 4.90 Å². The second-order valence-electron chi connectivity index (χ2n) is 4.03. The van der Waals surface area contributed by atoms with Gasteiger partial charge in [-0.3, -0.25) is 0 Å². The molecule has 0 aliphatic heterocycles. The topological polar surface area (TPSA) is 43.7 Å². The minimum atomic E-state index is 0.156. The van der Waals surface area contributed by atoms with Crippen LogP contribution in [-0.4, -0.2) is 29.9 Å². The van der Waals surface area contributed by atoms with Gasteiger partial charge in [0.1, 0.15) is 5.75 Å². The van der Waals surface area contributed by atoms with E-state index in [0.717, 1.165) is 30.6 Å². The maximum atomic E-state index is 9.46. The molecule has 2 N–H and O–H groups in total. The van der Waals surface area contributed by atoms with Gasteiger partial charge in [0.05, 0.1) is 6.61 Å². The van der Waals surface area contributed by atoms with Crippen LogP contribution in [0.25, 0.3) is 0 Å². The van der Waals surface area contributed by atoms with Gasteiger partial charge >= 0.3 is 0 Å². The number of unbranched alkanes of at least 4 members (excludes halogenated alkanes) is 1. The monoisotopic (exact) mass is 223 g/mol. The zero-order valence-electron chi connectivity index (χ0n) is 10.1. The van der Waals surface area contributed by atoms with E-state index < -0.39 is 0 Å². The van der Waals surface area contributed by atoms with E-state index in [4.69, 9.17) is 5.11 Å². The van der Waals surface area contributed by atoms with Crippen LogP contribution >= 0.6 is 0 Å². The Morgan fingerprint density at radius 2 is 2.00 bits per heavy atom. The fourth-order valence-electron chi connectivity index (χ4n) is 1.68. The van der Waals surface area contributed by atoms with Gasteiger partial charge in [-0.05, 0) is 37.1 Å². The molecule has 0 amide bonds. The number of anilines is 1. The van der Waals surface area contributed by atoms with Gasteiger partial charge in [0.2, 0.25) is 0 Å². The molecule has 1 aromatic carbocycles. The molecule has 16 heavy (non-hydrogen) atoms. The van der Waals surface area contributed by atoms with E-state index in [-0.39, 0.29) is 6.61 Å². The molecule has 0 aliphatic rings. The van der Waals surface area contributed by atoms with Gasteiger partial charge in [0.15, 0.2) is 0 Å². The number of aliphatic hydroxyl groups excluding tert-OH is 1. The summed E-state index contributed by atoms with van der Waals surface area (Å²) >= 11 is 0. The van der Waals surface area contributed by atoms with Crippen LogP contribution in [0.1, 0.15) is 25.3 Å². The highest BCUT2D eigenvalue weighted by Crippen LogP contribution is 2.23. The molecule has 1 rings (SSSR count). The molecule has 0 aromatic heterocycles. The lowest BCUT2D eigenvalue weighted by atomic mass is 10.1. The van der Waals surface area contributed by atoms with Crippen LogP contribution in [0.15, 0.2) is 18.2 Å². The van der Waals surface area contributed by atoms with Gasteiger partial charge in [0.25, 0.3) is 0 Å². The van der Waals surface area contributed by atoms with E-state index in [1.165, 1.54) is 0 Å². The number of hydrogen-bond acceptors (Lipinski definition) is 3. The highest BCUT2D eigenvalue weighted by molar-refractivity contribution is 5.52. The van der Waals surface area contributed by atoms with E-state index in [9.17, 15) is 5.11 Å². The number of phenolic OH excluding ortho intramolecular Hbond substituents is 1. The summed E-state index contributed by atoms with van der Waals surface area (Å²) in [7, 11) is 0. The number of aromatic hydroxyl groups is 1. The van der Waals surface area contributed by atoms with Crippen molar-refractivity contribution in [2.45, 2.75) is 26.7 Å². The molecule has 3 nitrogen and oxygen atoms in total. The molecule has 0 fully saturated rings. The molecular formula is C13H21NO2. The summed E-state index contributed by atoms with van der Waals surface area (Å²) in [4.78, 5) is 2.15. The first-order chi connectivity index (χ1) is 7.69. The molecular weight excluding hydrogens is 202 g/mol. The summed E-state index contributed by atoms with van der Waals surface area (Å²) in [6.45, 7) is 5.78. The maximum Gasteiger partial charge on any atom is 0.118 e. The number of phenols is 1. The molecule has 0 unspecified atom stereocenters. The number of nitrogens with zero attached hydrogens (tertiary/aromatic N) is 1. The number of benzene rings is 1. The third-order valence-electron chi connectivity index (χ3n) is 2.70. The predicted molar refractivity (Wildman–Crippen MR) is 67.1 cm³/mol. The Labute approximate surface area is 97.3 Å². The summed E-state index contributed by atoms with van der Waals surface area (Å²) in [6.07, 6.45) is 2.25. The lowest BCUT2D eigenvalue weighted by Crippen LogP contribution is -2.27. The van der Waals surface area contributed by atoms with Crippen molar-refractivity contribution in [2.24, 2.45) is 0 Å². The Bertz CT molecular complexity index is 326. The van der Waals surface area contributed by atoms with Gasteiger partial charge in [0, 0.05) is 18.8 Å².